The van der Waals surface area contributed by atoms with Crippen LogP contribution in [0, 0.1) is 18.8 Å². The molecule has 2 unspecified atom stereocenters. The number of aromatic nitrogens is 2. The molecular weight excluding hydrogens is 442 g/mol. The molecule has 1 aromatic heterocycles. The van der Waals surface area contributed by atoms with E-state index in [4.69, 9.17) is 9.97 Å². The molecule has 190 valence electrons. The molecule has 1 aromatic carbocycles. The van der Waals surface area contributed by atoms with Gasteiger partial charge in [0.15, 0.2) is 0 Å². The lowest BCUT2D eigenvalue weighted by atomic mass is 9.91. The van der Waals surface area contributed by atoms with Gasteiger partial charge in [-0.25, -0.2) is 9.97 Å². The number of piperazine rings is 1. The third-order valence-corrected chi connectivity index (χ3v) is 8.86. The van der Waals surface area contributed by atoms with Gasteiger partial charge in [-0.05, 0) is 73.9 Å². The largest absolute Gasteiger partial charge is 0.354 e. The van der Waals surface area contributed by atoms with E-state index in [1.165, 1.54) is 54.4 Å². The second kappa shape index (κ2) is 10.0. The van der Waals surface area contributed by atoms with E-state index in [1.54, 1.807) is 0 Å². The lowest BCUT2D eigenvalue weighted by molar-refractivity contribution is 0.312. The maximum absolute atomic E-state index is 4.90. The zero-order valence-corrected chi connectivity index (χ0v) is 22.3. The molecule has 0 bridgehead atoms. The smallest absolute Gasteiger partial charge is 0.134 e. The number of allylic oxidation sites excluding steroid dienone is 4. The van der Waals surface area contributed by atoms with Gasteiger partial charge in [0.1, 0.15) is 17.5 Å². The van der Waals surface area contributed by atoms with Crippen molar-refractivity contribution in [2.24, 2.45) is 11.8 Å². The molecule has 5 heteroatoms. The first-order valence-corrected chi connectivity index (χ1v) is 14.1. The summed E-state index contributed by atoms with van der Waals surface area (Å²) < 4.78 is 0. The molecule has 1 saturated carbocycles. The van der Waals surface area contributed by atoms with Crippen LogP contribution in [0.4, 0.5) is 11.6 Å². The first-order chi connectivity index (χ1) is 17.5. The Hall–Kier alpha value is -2.66. The van der Waals surface area contributed by atoms with Crippen LogP contribution in [0.3, 0.4) is 0 Å². The van der Waals surface area contributed by atoms with Crippen molar-refractivity contribution in [2.75, 3.05) is 43.0 Å². The van der Waals surface area contributed by atoms with Gasteiger partial charge in [0.25, 0.3) is 0 Å². The van der Waals surface area contributed by atoms with Gasteiger partial charge < -0.3 is 14.7 Å². The second-order valence-corrected chi connectivity index (χ2v) is 11.6. The fourth-order valence-electron chi connectivity index (χ4n) is 6.65. The predicted molar refractivity (Wildman–Crippen MR) is 149 cm³/mol. The summed E-state index contributed by atoms with van der Waals surface area (Å²) in [7, 11) is 2.20. The van der Waals surface area contributed by atoms with E-state index in [2.05, 4.69) is 71.2 Å². The fraction of sp³-hybridized carbons (Fsp3) is 0.548. The van der Waals surface area contributed by atoms with E-state index < -0.39 is 0 Å². The maximum Gasteiger partial charge on any atom is 0.134 e. The van der Waals surface area contributed by atoms with Crippen LogP contribution in [-0.2, 0) is 13.0 Å². The summed E-state index contributed by atoms with van der Waals surface area (Å²) in [6.07, 6.45) is 15.4. The number of nitrogens with zero attached hydrogens (tertiary/aromatic N) is 5. The summed E-state index contributed by atoms with van der Waals surface area (Å²) in [4.78, 5) is 17.0. The number of hydrogen-bond donors (Lipinski definition) is 0. The van der Waals surface area contributed by atoms with Crippen LogP contribution in [0.2, 0.25) is 0 Å². The van der Waals surface area contributed by atoms with Gasteiger partial charge in [0.2, 0.25) is 0 Å². The normalized spacial score (nSPS) is 24.9. The highest BCUT2D eigenvalue weighted by molar-refractivity contribution is 5.77. The SMILES string of the molecule is Cc1nc(N2CCN(C)CC2)cc(N2Cc3cc(C4=CC(CC5CCCC5)C=C4)ccc3CC2C)n1. The number of fused-ring (bicyclic) bond motifs is 1. The van der Waals surface area contributed by atoms with Gasteiger partial charge in [-0.2, -0.15) is 0 Å². The van der Waals surface area contributed by atoms with Gasteiger partial charge in [-0.1, -0.05) is 56.0 Å². The van der Waals surface area contributed by atoms with E-state index in [9.17, 15) is 0 Å². The lowest BCUT2D eigenvalue weighted by Gasteiger charge is -2.37. The van der Waals surface area contributed by atoms with Crippen LogP contribution in [0.25, 0.3) is 5.57 Å². The molecule has 4 aliphatic rings. The minimum absolute atomic E-state index is 0.416. The average molecular weight is 484 g/mol. The molecule has 2 aromatic rings. The van der Waals surface area contributed by atoms with Gasteiger partial charge in [0.05, 0.1) is 0 Å². The summed E-state index contributed by atoms with van der Waals surface area (Å²) in [5, 5.41) is 0. The molecule has 36 heavy (non-hydrogen) atoms. The minimum atomic E-state index is 0.416. The molecule has 0 spiro atoms. The zero-order chi connectivity index (χ0) is 24.6. The van der Waals surface area contributed by atoms with E-state index in [1.807, 2.05) is 6.92 Å². The van der Waals surface area contributed by atoms with Crippen molar-refractivity contribution in [2.45, 2.75) is 65.0 Å². The van der Waals surface area contributed by atoms with Crippen molar-refractivity contribution in [3.05, 3.63) is 65.0 Å². The Bertz CT molecular complexity index is 1150. The maximum atomic E-state index is 4.90. The van der Waals surface area contributed by atoms with Crippen molar-refractivity contribution >= 4 is 17.2 Å². The first-order valence-electron chi connectivity index (χ1n) is 14.1. The molecule has 0 amide bonds. The van der Waals surface area contributed by atoms with Crippen LogP contribution in [0.15, 0.2) is 42.5 Å². The summed E-state index contributed by atoms with van der Waals surface area (Å²) >= 11 is 0. The Morgan fingerprint density at radius 3 is 2.53 bits per heavy atom. The van der Waals surface area contributed by atoms with E-state index >= 15 is 0 Å². The number of anilines is 2. The Morgan fingerprint density at radius 1 is 0.944 bits per heavy atom. The molecule has 2 aliphatic carbocycles. The minimum Gasteiger partial charge on any atom is -0.354 e. The van der Waals surface area contributed by atoms with E-state index in [0.29, 0.717) is 12.0 Å². The zero-order valence-electron chi connectivity index (χ0n) is 22.3. The quantitative estimate of drug-likeness (QED) is 0.550. The molecular formula is C31H41N5. The topological polar surface area (TPSA) is 35.5 Å². The second-order valence-electron chi connectivity index (χ2n) is 11.6. The van der Waals surface area contributed by atoms with Gasteiger partial charge in [0, 0.05) is 44.8 Å². The Morgan fingerprint density at radius 2 is 1.72 bits per heavy atom. The Balaban J connectivity index is 1.21. The Labute approximate surface area is 216 Å². The van der Waals surface area contributed by atoms with Crippen LogP contribution >= 0.6 is 0 Å². The molecule has 1 saturated heterocycles. The third kappa shape index (κ3) is 4.95. The number of aryl methyl sites for hydroxylation is 1. The molecule has 0 radical (unpaired) electrons. The third-order valence-electron chi connectivity index (χ3n) is 8.86. The highest BCUT2D eigenvalue weighted by atomic mass is 15.3. The van der Waals surface area contributed by atoms with Crippen LogP contribution < -0.4 is 9.80 Å². The highest BCUT2D eigenvalue weighted by Gasteiger charge is 2.27. The van der Waals surface area contributed by atoms with Gasteiger partial charge in [-0.3, -0.25) is 0 Å². The molecule has 0 N–H and O–H groups in total. The van der Waals surface area contributed by atoms with Crippen molar-refractivity contribution in [1.82, 2.24) is 14.9 Å². The number of hydrogen-bond acceptors (Lipinski definition) is 5. The summed E-state index contributed by atoms with van der Waals surface area (Å²) in [5.74, 6) is 4.56. The standard InChI is InChI=1S/C31H41N5/c1-22-16-26-10-11-28(27-9-8-25(18-27)17-24-6-4-5-7-24)19-29(26)21-36(22)31-20-30(32-23(2)33-31)35-14-12-34(3)13-15-35/h8-11,18-20,22,24-25H,4-7,12-17,21H2,1-3H3. The van der Waals surface area contributed by atoms with Crippen LogP contribution in [0.5, 0.6) is 0 Å². The molecule has 5 nitrogen and oxygen atoms in total. The van der Waals surface area contributed by atoms with Crippen molar-refractivity contribution in [1.29, 1.82) is 0 Å². The van der Waals surface area contributed by atoms with Crippen LogP contribution in [0.1, 0.15) is 61.5 Å². The molecule has 2 aliphatic heterocycles. The molecule has 2 fully saturated rings. The van der Waals surface area contributed by atoms with E-state index in [0.717, 1.165) is 62.5 Å². The van der Waals surface area contributed by atoms with Gasteiger partial charge in [-0.15, -0.1) is 0 Å². The van der Waals surface area contributed by atoms with Crippen molar-refractivity contribution in [3.63, 3.8) is 0 Å². The van der Waals surface area contributed by atoms with Crippen molar-refractivity contribution in [3.8, 4) is 0 Å². The molecule has 3 heterocycles. The number of rotatable bonds is 5. The average Bonchev–Trinajstić information content (AvgIpc) is 3.56. The molecule has 6 rings (SSSR count). The Kier molecular flexibility index (Phi) is 6.59. The number of likely N-dealkylation sites (N-methyl/N-ethyl adjacent to an activating group) is 1. The highest BCUT2D eigenvalue weighted by Crippen LogP contribution is 2.36. The molecule has 2 atom stereocenters. The lowest BCUT2D eigenvalue weighted by Crippen LogP contribution is -2.45. The van der Waals surface area contributed by atoms with Crippen LogP contribution in [-0.4, -0.2) is 54.1 Å². The first kappa shape index (κ1) is 23.7. The fourth-order valence-corrected chi connectivity index (χ4v) is 6.65. The number of benzene rings is 1. The van der Waals surface area contributed by atoms with Gasteiger partial charge >= 0.3 is 0 Å². The van der Waals surface area contributed by atoms with E-state index in [-0.39, 0.29) is 0 Å². The summed E-state index contributed by atoms with van der Waals surface area (Å²) in [6.45, 7) is 9.49. The summed E-state index contributed by atoms with van der Waals surface area (Å²) in [6, 6.07) is 9.80. The summed E-state index contributed by atoms with van der Waals surface area (Å²) in [5.41, 5.74) is 5.70. The van der Waals surface area contributed by atoms with Crippen molar-refractivity contribution < 1.29 is 0 Å². The predicted octanol–water partition coefficient (Wildman–Crippen LogP) is 5.64. The monoisotopic (exact) mass is 483 g/mol.